The van der Waals surface area contributed by atoms with Crippen molar-refractivity contribution in [2.24, 2.45) is 0 Å². The summed E-state index contributed by atoms with van der Waals surface area (Å²) >= 11 is 0. The highest BCUT2D eigenvalue weighted by Crippen LogP contribution is 2.46. The van der Waals surface area contributed by atoms with Crippen molar-refractivity contribution in [2.45, 2.75) is 102 Å². The van der Waals surface area contributed by atoms with Gasteiger partial charge in [-0.05, 0) is 86.0 Å². The van der Waals surface area contributed by atoms with Crippen LogP contribution in [-0.2, 0) is 19.3 Å². The number of hydrogen-bond donors (Lipinski definition) is 0. The maximum atomic E-state index is 2.27. The molecular weight excluding hydrogens is 613 g/mol. The molecule has 0 aliphatic heterocycles. The molecule has 51 heavy (non-hydrogen) atoms. The Labute approximate surface area is 313 Å². The van der Waals surface area contributed by atoms with Crippen molar-refractivity contribution < 1.29 is 0 Å². The molecule has 0 N–H and O–H groups in total. The summed E-state index contributed by atoms with van der Waals surface area (Å²) in [7, 11) is 0. The maximum absolute atomic E-state index is 2.27. The molecule has 0 spiro atoms. The number of fused-ring (bicyclic) bond motifs is 3. The van der Waals surface area contributed by atoms with Crippen LogP contribution < -0.4 is 0 Å². The molecule has 0 unspecified atom stereocenters. The van der Waals surface area contributed by atoms with Gasteiger partial charge in [-0.15, -0.1) is 0 Å². The quantitative estimate of drug-likeness (QED) is 0.162. The molecule has 0 aromatic heterocycles. The minimum absolute atomic E-state index is 1.10. The van der Waals surface area contributed by atoms with Crippen LogP contribution in [0.25, 0.3) is 33.4 Å². The van der Waals surface area contributed by atoms with Crippen LogP contribution in [0.15, 0.2) is 146 Å². The Morgan fingerprint density at radius 2 is 0.471 bits per heavy atom. The molecule has 0 fully saturated rings. The summed E-state index contributed by atoms with van der Waals surface area (Å²) in [5.41, 5.74) is 17.5. The van der Waals surface area contributed by atoms with Crippen LogP contribution in [0.5, 0.6) is 0 Å². The Kier molecular flexibility index (Phi) is 22.8. The van der Waals surface area contributed by atoms with Crippen LogP contribution in [0.2, 0.25) is 0 Å². The van der Waals surface area contributed by atoms with E-state index in [0.717, 1.165) is 19.3 Å². The average Bonchev–Trinajstić information content (AvgIpc) is 3.96. The first-order valence-electron chi connectivity index (χ1n) is 19.8. The second-order valence-electron chi connectivity index (χ2n) is 10.5. The van der Waals surface area contributed by atoms with E-state index in [9.17, 15) is 0 Å². The average molecular weight is 679 g/mol. The van der Waals surface area contributed by atoms with E-state index in [4.69, 9.17) is 0 Å². The summed E-state index contributed by atoms with van der Waals surface area (Å²) < 4.78 is 0. The molecule has 0 heteroatoms. The fraction of sp³-hybridized carbons (Fsp3) is 0.294. The Balaban J connectivity index is 0.000000334. The van der Waals surface area contributed by atoms with Crippen molar-refractivity contribution in [3.63, 3.8) is 0 Å². The third-order valence-corrected chi connectivity index (χ3v) is 8.07. The summed E-state index contributed by atoms with van der Waals surface area (Å²) in [6.07, 6.45) is 3.39. The lowest BCUT2D eigenvalue weighted by Gasteiger charge is -2.00. The zero-order valence-corrected chi connectivity index (χ0v) is 34.0. The third-order valence-electron chi connectivity index (χ3n) is 8.07. The number of rotatable bonds is 1. The summed E-state index contributed by atoms with van der Waals surface area (Å²) in [5.74, 6) is 0. The van der Waals surface area contributed by atoms with Gasteiger partial charge in [0.15, 0.2) is 0 Å². The van der Waals surface area contributed by atoms with E-state index in [1.165, 1.54) is 55.6 Å². The topological polar surface area (TPSA) is 0 Å². The second-order valence-corrected chi connectivity index (χ2v) is 10.5. The van der Waals surface area contributed by atoms with Crippen LogP contribution in [0.1, 0.15) is 116 Å². The van der Waals surface area contributed by atoms with Gasteiger partial charge in [0.25, 0.3) is 0 Å². The third kappa shape index (κ3) is 11.7. The molecule has 9 rings (SSSR count). The Morgan fingerprint density at radius 3 is 0.784 bits per heavy atom. The van der Waals surface area contributed by atoms with Crippen LogP contribution in [0, 0.1) is 0 Å². The minimum atomic E-state index is 1.10. The van der Waals surface area contributed by atoms with Crippen molar-refractivity contribution in [1.29, 1.82) is 0 Å². The lowest BCUT2D eigenvalue weighted by Crippen LogP contribution is -1.87. The highest BCUT2D eigenvalue weighted by atomic mass is 14.3. The van der Waals surface area contributed by atoms with Gasteiger partial charge >= 0.3 is 0 Å². The van der Waals surface area contributed by atoms with E-state index in [-0.39, 0.29) is 0 Å². The van der Waals surface area contributed by atoms with Crippen LogP contribution in [0.4, 0.5) is 0 Å². The first kappa shape index (κ1) is 44.3. The minimum Gasteiger partial charge on any atom is -0.0683 e. The van der Waals surface area contributed by atoms with Gasteiger partial charge in [-0.3, -0.25) is 0 Å². The standard InChI is InChI=1S/C14H10.C13H10.C12H10.6C2H6/c1-3-9-7-11-5-2-6-12-8-10(4-1)13(9)14(11)12;1-3-7-12-10(5-1)9-11-6-2-4-8-13(11)12;1-3-7-11(8-4-1)12-9-5-2-6-10-12;6*1-2/h1-6H,7-8H2;1-8H,9H2;1-10H;6*1-2H3. The Bertz CT molecular complexity index is 1590. The fourth-order valence-electron chi connectivity index (χ4n) is 6.29. The molecule has 0 bridgehead atoms. The monoisotopic (exact) mass is 679 g/mol. The first-order chi connectivity index (χ1) is 25.3. The molecule has 0 saturated carbocycles. The smallest absolute Gasteiger partial charge is 0.00132 e. The van der Waals surface area contributed by atoms with Gasteiger partial charge in [0, 0.05) is 0 Å². The van der Waals surface area contributed by atoms with Gasteiger partial charge in [0.05, 0.1) is 0 Å². The SMILES string of the molecule is CC.CC.CC.CC.CC.CC.c1cc2c3c(c1)Cc1cccc(c1-3)C2.c1ccc(-c2ccccc2)cc1.c1ccc2c(c1)Cc1ccccc1-2. The van der Waals surface area contributed by atoms with Gasteiger partial charge in [0.1, 0.15) is 0 Å². The zero-order valence-electron chi connectivity index (χ0n) is 34.0. The normalized spacial score (nSPS) is 10.1. The fourth-order valence-corrected chi connectivity index (χ4v) is 6.29. The van der Waals surface area contributed by atoms with Gasteiger partial charge in [-0.2, -0.15) is 0 Å². The lowest BCUT2D eigenvalue weighted by atomic mass is 10.0. The van der Waals surface area contributed by atoms with Crippen molar-refractivity contribution >= 4 is 0 Å². The van der Waals surface area contributed by atoms with Gasteiger partial charge in [0.2, 0.25) is 0 Å². The molecule has 0 radical (unpaired) electrons. The molecule has 270 valence electrons. The van der Waals surface area contributed by atoms with E-state index < -0.39 is 0 Å². The van der Waals surface area contributed by atoms with Crippen molar-refractivity contribution in [1.82, 2.24) is 0 Å². The second kappa shape index (κ2) is 26.2. The van der Waals surface area contributed by atoms with Crippen LogP contribution >= 0.6 is 0 Å². The zero-order chi connectivity index (χ0) is 38.0. The Morgan fingerprint density at radius 1 is 0.235 bits per heavy atom. The van der Waals surface area contributed by atoms with E-state index in [2.05, 4.69) is 133 Å². The molecule has 0 amide bonds. The number of benzene rings is 6. The summed E-state index contributed by atoms with van der Waals surface area (Å²) in [5, 5.41) is 0. The predicted octanol–water partition coefficient (Wildman–Crippen LogP) is 15.9. The van der Waals surface area contributed by atoms with E-state index >= 15 is 0 Å². The highest BCUT2D eigenvalue weighted by molar-refractivity contribution is 5.86. The van der Waals surface area contributed by atoms with E-state index in [0.29, 0.717) is 0 Å². The largest absolute Gasteiger partial charge is 0.0683 e. The number of hydrogen-bond acceptors (Lipinski definition) is 0. The van der Waals surface area contributed by atoms with E-state index in [1.807, 2.05) is 95.2 Å². The molecule has 6 aromatic rings. The van der Waals surface area contributed by atoms with Crippen molar-refractivity contribution in [3.8, 4) is 33.4 Å². The molecule has 0 saturated heterocycles. The molecular formula is C51H66. The van der Waals surface area contributed by atoms with Gasteiger partial charge in [-0.1, -0.05) is 229 Å². The first-order valence-corrected chi connectivity index (χ1v) is 19.8. The van der Waals surface area contributed by atoms with Gasteiger partial charge in [-0.25, -0.2) is 0 Å². The summed E-state index contributed by atoms with van der Waals surface area (Å²) in [6, 6.07) is 51.6. The molecule has 6 aromatic carbocycles. The molecule has 0 heterocycles. The van der Waals surface area contributed by atoms with Crippen LogP contribution in [-0.4, -0.2) is 0 Å². The lowest BCUT2D eigenvalue weighted by molar-refractivity contribution is 1.19. The van der Waals surface area contributed by atoms with Crippen molar-refractivity contribution in [3.05, 3.63) is 179 Å². The molecule has 0 nitrogen and oxygen atoms in total. The molecule has 0 atom stereocenters. The maximum Gasteiger partial charge on any atom is -0.00132 e. The van der Waals surface area contributed by atoms with Gasteiger partial charge < -0.3 is 0 Å². The van der Waals surface area contributed by atoms with Crippen molar-refractivity contribution in [2.75, 3.05) is 0 Å². The summed E-state index contributed by atoms with van der Waals surface area (Å²) in [6.45, 7) is 24.0. The molecule has 3 aliphatic rings. The molecule has 3 aliphatic carbocycles. The summed E-state index contributed by atoms with van der Waals surface area (Å²) in [4.78, 5) is 0. The highest BCUT2D eigenvalue weighted by Gasteiger charge is 2.28. The van der Waals surface area contributed by atoms with E-state index in [1.54, 1.807) is 11.1 Å². The Hall–Kier alpha value is -4.68. The van der Waals surface area contributed by atoms with Crippen LogP contribution in [0.3, 0.4) is 0 Å². The predicted molar refractivity (Wildman–Crippen MR) is 232 cm³/mol.